The van der Waals surface area contributed by atoms with E-state index in [1.807, 2.05) is 46.2 Å². The second-order valence-corrected chi connectivity index (χ2v) is 8.86. The molecular formula is C25H21Cl2N7O. The van der Waals surface area contributed by atoms with E-state index in [9.17, 15) is 4.79 Å². The number of nitrogens with two attached hydrogens (primary N) is 1. The Morgan fingerprint density at radius 3 is 2.49 bits per heavy atom. The lowest BCUT2D eigenvalue weighted by Crippen LogP contribution is -2.48. The van der Waals surface area contributed by atoms with E-state index in [-0.39, 0.29) is 11.9 Å². The van der Waals surface area contributed by atoms with E-state index >= 15 is 0 Å². The van der Waals surface area contributed by atoms with Gasteiger partial charge in [-0.05, 0) is 29.8 Å². The number of nitrogens with zero attached hydrogens (tertiary/aromatic N) is 6. The zero-order valence-electron chi connectivity index (χ0n) is 18.6. The number of anilines is 2. The lowest BCUT2D eigenvalue weighted by atomic mass is 10.1. The molecule has 1 saturated heterocycles. The van der Waals surface area contributed by atoms with Crippen molar-refractivity contribution in [2.24, 2.45) is 0 Å². The summed E-state index contributed by atoms with van der Waals surface area (Å²) in [5, 5.41) is 1.01. The molecule has 1 amide bonds. The fraction of sp³-hybridized carbons (Fsp3) is 0.160. The third-order valence-corrected chi connectivity index (χ3v) is 6.27. The number of hydrogen-bond acceptors (Lipinski definition) is 7. The number of carbonyl (C=O) groups is 1. The summed E-state index contributed by atoms with van der Waals surface area (Å²) in [6, 6.07) is 14.9. The molecule has 0 radical (unpaired) electrons. The molecule has 0 aliphatic carbocycles. The van der Waals surface area contributed by atoms with Crippen molar-refractivity contribution < 1.29 is 4.79 Å². The standard InChI is InChI=1S/C25H21Cl2N7O/c26-17-7-8-18(19(27)14-17)20-15-29-23-22(30-20)24(32-25(28)31-23)34-12-10-33(11-13-34)21(35)9-6-16-4-2-1-3-5-16/h1-9,14-15H,10-13H2,(H2,28,29,31,32)/b9-6+. The van der Waals surface area contributed by atoms with Crippen LogP contribution in [-0.4, -0.2) is 56.9 Å². The average Bonchev–Trinajstić information content (AvgIpc) is 2.87. The fourth-order valence-electron chi connectivity index (χ4n) is 3.93. The topological polar surface area (TPSA) is 101 Å². The molecular weight excluding hydrogens is 485 g/mol. The van der Waals surface area contributed by atoms with Gasteiger partial charge < -0.3 is 15.5 Å². The molecule has 0 spiro atoms. The number of benzene rings is 2. The van der Waals surface area contributed by atoms with Gasteiger partial charge in [0, 0.05) is 42.8 Å². The van der Waals surface area contributed by atoms with Crippen molar-refractivity contribution in [3.8, 4) is 11.3 Å². The van der Waals surface area contributed by atoms with E-state index in [0.717, 1.165) is 5.56 Å². The van der Waals surface area contributed by atoms with Crippen LogP contribution in [0.5, 0.6) is 0 Å². The summed E-state index contributed by atoms with van der Waals surface area (Å²) in [6.45, 7) is 2.23. The number of hydrogen-bond donors (Lipinski definition) is 1. The smallest absolute Gasteiger partial charge is 0.246 e. The van der Waals surface area contributed by atoms with Crippen LogP contribution in [0.2, 0.25) is 10.0 Å². The Balaban J connectivity index is 1.38. The minimum Gasteiger partial charge on any atom is -0.368 e. The van der Waals surface area contributed by atoms with Crippen LogP contribution in [0.4, 0.5) is 11.8 Å². The van der Waals surface area contributed by atoms with Gasteiger partial charge in [0.25, 0.3) is 0 Å². The van der Waals surface area contributed by atoms with E-state index in [0.29, 0.717) is 64.5 Å². The number of nitrogen functional groups attached to an aromatic ring is 1. The first-order valence-electron chi connectivity index (χ1n) is 11.0. The monoisotopic (exact) mass is 505 g/mol. The molecule has 0 unspecified atom stereocenters. The Kier molecular flexibility index (Phi) is 6.48. The summed E-state index contributed by atoms with van der Waals surface area (Å²) in [5.41, 5.74) is 9.14. The summed E-state index contributed by atoms with van der Waals surface area (Å²) in [4.78, 5) is 34.4. The van der Waals surface area contributed by atoms with E-state index in [4.69, 9.17) is 33.9 Å². The summed E-state index contributed by atoms with van der Waals surface area (Å²) in [5.74, 6) is 0.669. The van der Waals surface area contributed by atoms with Gasteiger partial charge in [-0.2, -0.15) is 9.97 Å². The minimum atomic E-state index is -0.0278. The zero-order chi connectivity index (χ0) is 24.4. The highest BCUT2D eigenvalue weighted by Crippen LogP contribution is 2.31. The molecule has 1 fully saturated rings. The number of amides is 1. The molecule has 0 saturated carbocycles. The van der Waals surface area contributed by atoms with Crippen molar-refractivity contribution in [1.82, 2.24) is 24.8 Å². The second kappa shape index (κ2) is 9.85. The van der Waals surface area contributed by atoms with Crippen molar-refractivity contribution in [3.05, 3.63) is 76.4 Å². The van der Waals surface area contributed by atoms with E-state index < -0.39 is 0 Å². The highest BCUT2D eigenvalue weighted by molar-refractivity contribution is 6.36. The number of carbonyl (C=O) groups excluding carboxylic acids is 1. The van der Waals surface area contributed by atoms with Crippen molar-refractivity contribution in [2.75, 3.05) is 36.8 Å². The molecule has 0 atom stereocenters. The molecule has 35 heavy (non-hydrogen) atoms. The average molecular weight is 506 g/mol. The number of piperazine rings is 1. The predicted molar refractivity (Wildman–Crippen MR) is 139 cm³/mol. The molecule has 5 rings (SSSR count). The van der Waals surface area contributed by atoms with Crippen LogP contribution in [0.25, 0.3) is 28.5 Å². The number of fused-ring (bicyclic) bond motifs is 1. The molecule has 1 aliphatic heterocycles. The van der Waals surface area contributed by atoms with Gasteiger partial charge >= 0.3 is 0 Å². The molecule has 0 bridgehead atoms. The van der Waals surface area contributed by atoms with Crippen LogP contribution in [0, 0.1) is 0 Å². The summed E-state index contributed by atoms with van der Waals surface area (Å²) >= 11 is 12.4. The Bertz CT molecular complexity index is 1420. The first-order valence-corrected chi connectivity index (χ1v) is 11.8. The first kappa shape index (κ1) is 23.0. The van der Waals surface area contributed by atoms with Crippen LogP contribution in [0.3, 0.4) is 0 Å². The van der Waals surface area contributed by atoms with Crippen molar-refractivity contribution >= 4 is 58.1 Å². The van der Waals surface area contributed by atoms with E-state index in [1.54, 1.807) is 30.5 Å². The normalized spacial score (nSPS) is 14.1. The third-order valence-electron chi connectivity index (χ3n) is 5.72. The number of aromatic nitrogens is 4. The quantitative estimate of drug-likeness (QED) is 0.411. The molecule has 10 heteroatoms. The predicted octanol–water partition coefficient (Wildman–Crippen LogP) is 4.34. The van der Waals surface area contributed by atoms with Gasteiger partial charge in [0.2, 0.25) is 11.9 Å². The van der Waals surface area contributed by atoms with Crippen LogP contribution in [0.15, 0.2) is 60.8 Å². The van der Waals surface area contributed by atoms with Crippen molar-refractivity contribution in [2.45, 2.75) is 0 Å². The molecule has 3 heterocycles. The zero-order valence-corrected chi connectivity index (χ0v) is 20.1. The largest absolute Gasteiger partial charge is 0.368 e. The van der Waals surface area contributed by atoms with Crippen LogP contribution >= 0.6 is 23.2 Å². The number of rotatable bonds is 4. The molecule has 2 aromatic heterocycles. The summed E-state index contributed by atoms with van der Waals surface area (Å²) in [6.07, 6.45) is 5.03. The van der Waals surface area contributed by atoms with Gasteiger partial charge in [0.15, 0.2) is 17.0 Å². The van der Waals surface area contributed by atoms with Gasteiger partial charge in [0.05, 0.1) is 16.9 Å². The van der Waals surface area contributed by atoms with Gasteiger partial charge in [-0.1, -0.05) is 53.5 Å². The molecule has 2 N–H and O–H groups in total. The first-order chi connectivity index (χ1) is 17.0. The lowest BCUT2D eigenvalue weighted by molar-refractivity contribution is -0.126. The van der Waals surface area contributed by atoms with E-state index in [2.05, 4.69) is 15.0 Å². The maximum absolute atomic E-state index is 12.7. The highest BCUT2D eigenvalue weighted by atomic mass is 35.5. The maximum Gasteiger partial charge on any atom is 0.246 e. The fourth-order valence-corrected chi connectivity index (χ4v) is 4.44. The Morgan fingerprint density at radius 2 is 1.74 bits per heavy atom. The van der Waals surface area contributed by atoms with Crippen molar-refractivity contribution in [3.63, 3.8) is 0 Å². The van der Waals surface area contributed by atoms with Gasteiger partial charge in [-0.15, -0.1) is 0 Å². The Labute approximate surface area is 212 Å². The van der Waals surface area contributed by atoms with Crippen LogP contribution in [-0.2, 0) is 4.79 Å². The Hall–Kier alpha value is -3.75. The van der Waals surface area contributed by atoms with Gasteiger partial charge in [0.1, 0.15) is 0 Å². The van der Waals surface area contributed by atoms with Gasteiger partial charge in [-0.3, -0.25) is 4.79 Å². The lowest BCUT2D eigenvalue weighted by Gasteiger charge is -2.35. The van der Waals surface area contributed by atoms with E-state index in [1.165, 1.54) is 0 Å². The Morgan fingerprint density at radius 1 is 0.971 bits per heavy atom. The molecule has 2 aromatic carbocycles. The SMILES string of the molecule is Nc1nc(N2CCN(C(=O)/C=C/c3ccccc3)CC2)c2nc(-c3ccc(Cl)cc3Cl)cnc2n1. The summed E-state index contributed by atoms with van der Waals surface area (Å²) < 4.78 is 0. The van der Waals surface area contributed by atoms with Gasteiger partial charge in [-0.25, -0.2) is 9.97 Å². The highest BCUT2D eigenvalue weighted by Gasteiger charge is 2.24. The maximum atomic E-state index is 12.7. The second-order valence-electron chi connectivity index (χ2n) is 8.01. The third kappa shape index (κ3) is 5.03. The molecule has 176 valence electrons. The molecule has 4 aromatic rings. The van der Waals surface area contributed by atoms with Crippen LogP contribution in [0.1, 0.15) is 5.56 Å². The molecule has 1 aliphatic rings. The van der Waals surface area contributed by atoms with Crippen LogP contribution < -0.4 is 10.6 Å². The minimum absolute atomic E-state index is 0.0278. The summed E-state index contributed by atoms with van der Waals surface area (Å²) in [7, 11) is 0. The number of halogens is 2. The van der Waals surface area contributed by atoms with Crippen molar-refractivity contribution in [1.29, 1.82) is 0 Å². The molecule has 8 nitrogen and oxygen atoms in total.